The van der Waals surface area contributed by atoms with Crippen LogP contribution in [0.15, 0.2) is 24.3 Å². The van der Waals surface area contributed by atoms with Crippen LogP contribution in [0.25, 0.3) is 44.4 Å². The summed E-state index contributed by atoms with van der Waals surface area (Å²) in [5, 5.41) is 0. The highest BCUT2D eigenvalue weighted by atomic mass is 16.5. The molecule has 5 rings (SSSR count). The molecular formula is C44H50N4O12. The van der Waals surface area contributed by atoms with Gasteiger partial charge in [-0.25, -0.2) is 9.97 Å². The van der Waals surface area contributed by atoms with Crippen LogP contribution in [0.4, 0.5) is 0 Å². The quantitative estimate of drug-likeness (QED) is 0.130. The Hall–Kier alpha value is -6.58. The van der Waals surface area contributed by atoms with Crippen molar-refractivity contribution in [1.82, 2.24) is 19.9 Å². The zero-order valence-electron chi connectivity index (χ0n) is 35.2. The first-order valence-electron chi connectivity index (χ1n) is 19.3. The highest BCUT2D eigenvalue weighted by molar-refractivity contribution is 5.97. The van der Waals surface area contributed by atoms with Gasteiger partial charge in [0.15, 0.2) is 0 Å². The van der Waals surface area contributed by atoms with Crippen LogP contribution < -0.4 is 0 Å². The molecule has 318 valence electrons. The molecule has 2 N–H and O–H groups in total. The number of allylic oxidation sites excluding steroid dienone is 4. The van der Waals surface area contributed by atoms with Gasteiger partial charge in [-0.15, -0.1) is 0 Å². The van der Waals surface area contributed by atoms with E-state index < -0.39 is 35.8 Å². The van der Waals surface area contributed by atoms with Crippen molar-refractivity contribution in [2.75, 3.05) is 42.7 Å². The Kier molecular flexibility index (Phi) is 14.8. The van der Waals surface area contributed by atoms with Gasteiger partial charge in [-0.3, -0.25) is 28.8 Å². The second kappa shape index (κ2) is 19.9. The van der Waals surface area contributed by atoms with Gasteiger partial charge in [-0.05, 0) is 108 Å². The third-order valence-corrected chi connectivity index (χ3v) is 10.8. The number of nitrogens with zero attached hydrogens (tertiary/aromatic N) is 2. The van der Waals surface area contributed by atoms with Crippen LogP contribution in [0.5, 0.6) is 0 Å². The molecule has 3 aromatic heterocycles. The minimum atomic E-state index is -0.534. The summed E-state index contributed by atoms with van der Waals surface area (Å²) in [5.74, 6) is -2.79. The molecule has 60 heavy (non-hydrogen) atoms. The fraction of sp³-hybridized carbons (Fsp3) is 0.409. The Morgan fingerprint density at radius 3 is 1.15 bits per heavy atom. The summed E-state index contributed by atoms with van der Waals surface area (Å²) in [4.78, 5) is 93.1. The molecule has 8 bridgehead atoms. The van der Waals surface area contributed by atoms with Gasteiger partial charge in [0.1, 0.15) is 0 Å². The van der Waals surface area contributed by atoms with Crippen molar-refractivity contribution in [3.63, 3.8) is 0 Å². The molecule has 16 nitrogen and oxygen atoms in total. The largest absolute Gasteiger partial charge is 0.469 e. The number of hydrogen-bond acceptors (Lipinski definition) is 14. The van der Waals surface area contributed by atoms with E-state index in [0.717, 1.165) is 22.3 Å². The Balaban J connectivity index is 2.00. The molecule has 0 saturated carbocycles. The molecule has 16 heteroatoms. The van der Waals surface area contributed by atoms with E-state index in [0.29, 0.717) is 73.5 Å². The summed E-state index contributed by atoms with van der Waals surface area (Å²) >= 11 is 0. The van der Waals surface area contributed by atoms with E-state index in [9.17, 15) is 28.8 Å². The van der Waals surface area contributed by atoms with Crippen molar-refractivity contribution in [2.45, 2.75) is 78.1 Å². The van der Waals surface area contributed by atoms with Crippen LogP contribution in [0.3, 0.4) is 0 Å². The fourth-order valence-corrected chi connectivity index (χ4v) is 7.41. The minimum Gasteiger partial charge on any atom is -0.469 e. The number of rotatable bonds is 16. The molecule has 2 aliphatic rings. The minimum absolute atomic E-state index is 0.00272. The number of hydrogen-bond donors (Lipinski definition) is 2. The standard InChI is InChI=1S/C44H50N4O12/c1-23-25(9-13-39(49)55-3)33-19-31-24(2)26(10-14-40(50)56-4)34(46-31)21-37-30(18-44(54)60-8)28(12-16-42(52)58-6)36(48-37)22-38-29(17-43(53)59-7)27(11-15-41(51)57-5)35(47-38)20-32(23)45-33/h19-22,47-48H,9-18H2,1-8H3. The van der Waals surface area contributed by atoms with Gasteiger partial charge in [0, 0.05) is 47.8 Å². The van der Waals surface area contributed by atoms with E-state index in [2.05, 4.69) is 9.97 Å². The number of carbonyl (C=O) groups excluding carboxylic acids is 6. The van der Waals surface area contributed by atoms with Gasteiger partial charge in [-0.1, -0.05) is 0 Å². The number of H-pyrrole nitrogens is 2. The van der Waals surface area contributed by atoms with E-state index in [1.165, 1.54) is 42.7 Å². The predicted molar refractivity (Wildman–Crippen MR) is 221 cm³/mol. The first kappa shape index (κ1) is 44.5. The Bertz CT molecular complexity index is 2450. The Morgan fingerprint density at radius 2 is 0.733 bits per heavy atom. The molecule has 2 aliphatic heterocycles. The van der Waals surface area contributed by atoms with Crippen molar-refractivity contribution in [2.24, 2.45) is 0 Å². The summed E-state index contributed by atoms with van der Waals surface area (Å²) in [6, 6.07) is 7.24. The molecule has 0 aliphatic carbocycles. The molecule has 0 atom stereocenters. The van der Waals surface area contributed by atoms with Gasteiger partial charge >= 0.3 is 35.8 Å². The van der Waals surface area contributed by atoms with Gasteiger partial charge < -0.3 is 38.4 Å². The first-order valence-corrected chi connectivity index (χ1v) is 19.3. The number of aryl methyl sites for hydroxylation is 2. The molecule has 0 amide bonds. The zero-order chi connectivity index (χ0) is 43.7. The number of carbonyl (C=O) groups is 6. The van der Waals surface area contributed by atoms with Gasteiger partial charge in [-0.2, -0.15) is 0 Å². The summed E-state index contributed by atoms with van der Waals surface area (Å²) in [6.45, 7) is 3.80. The van der Waals surface area contributed by atoms with E-state index in [1.54, 1.807) is 12.1 Å². The van der Waals surface area contributed by atoms with Crippen LogP contribution >= 0.6 is 0 Å². The number of ether oxygens (including phenoxy) is 6. The summed E-state index contributed by atoms with van der Waals surface area (Å²) in [7, 11) is 7.81. The topological polar surface area (TPSA) is 215 Å². The molecule has 0 spiro atoms. The predicted octanol–water partition coefficient (Wildman–Crippen LogP) is 5.72. The maximum Gasteiger partial charge on any atom is 0.310 e. The van der Waals surface area contributed by atoms with Gasteiger partial charge in [0.05, 0.1) is 78.3 Å². The molecule has 0 radical (unpaired) electrons. The van der Waals surface area contributed by atoms with Crippen molar-refractivity contribution in [3.8, 4) is 0 Å². The van der Waals surface area contributed by atoms with Crippen molar-refractivity contribution in [3.05, 3.63) is 69.3 Å². The van der Waals surface area contributed by atoms with Crippen LogP contribution in [-0.4, -0.2) is 98.4 Å². The van der Waals surface area contributed by atoms with Crippen LogP contribution in [-0.2, 0) is 82.9 Å². The van der Waals surface area contributed by atoms with Crippen LogP contribution in [0, 0.1) is 0 Å². The molecule has 0 aromatic carbocycles. The zero-order valence-corrected chi connectivity index (χ0v) is 35.2. The average molecular weight is 827 g/mol. The molecule has 5 heterocycles. The Morgan fingerprint density at radius 1 is 0.417 bits per heavy atom. The molecule has 0 fully saturated rings. The highest BCUT2D eigenvalue weighted by Crippen LogP contribution is 2.38. The molecule has 0 unspecified atom stereocenters. The SMILES string of the molecule is COC(=O)CCC1=C(C)c2cc3[nH]c(cc4[nH]c(cc5nc(cc1n2)C(C)=C5CCC(=O)OC)c(CC(=O)OC)c4CCC(=O)OC)c(CC(=O)OC)c3CCC(=O)OC. The summed E-state index contributed by atoms with van der Waals surface area (Å²) in [6.07, 6.45) is 0.718. The molecular weight excluding hydrogens is 776 g/mol. The maximum atomic E-state index is 13.0. The summed E-state index contributed by atoms with van der Waals surface area (Å²) in [5.41, 5.74) is 9.69. The average Bonchev–Trinajstić information content (AvgIpc) is 3.92. The lowest BCUT2D eigenvalue weighted by Gasteiger charge is -2.06. The third-order valence-electron chi connectivity index (χ3n) is 10.8. The number of methoxy groups -OCH3 is 6. The number of esters is 6. The van der Waals surface area contributed by atoms with E-state index in [4.69, 9.17) is 38.4 Å². The highest BCUT2D eigenvalue weighted by Gasteiger charge is 2.25. The smallest absolute Gasteiger partial charge is 0.310 e. The van der Waals surface area contributed by atoms with Crippen molar-refractivity contribution < 1.29 is 57.2 Å². The lowest BCUT2D eigenvalue weighted by Crippen LogP contribution is -2.08. The second-order valence-electron chi connectivity index (χ2n) is 14.2. The number of nitrogens with one attached hydrogen (secondary N) is 2. The number of aromatic amines is 2. The third kappa shape index (κ3) is 10.2. The van der Waals surface area contributed by atoms with Gasteiger partial charge in [0.2, 0.25) is 0 Å². The molecule has 0 saturated heterocycles. The van der Waals surface area contributed by atoms with Crippen LogP contribution in [0.2, 0.25) is 0 Å². The van der Waals surface area contributed by atoms with Crippen molar-refractivity contribution in [1.29, 1.82) is 0 Å². The van der Waals surface area contributed by atoms with E-state index >= 15 is 0 Å². The Labute approximate surface area is 346 Å². The lowest BCUT2D eigenvalue weighted by molar-refractivity contribution is -0.141. The van der Waals surface area contributed by atoms with Crippen LogP contribution in [0.1, 0.15) is 97.4 Å². The van der Waals surface area contributed by atoms with Gasteiger partial charge in [0.25, 0.3) is 0 Å². The summed E-state index contributed by atoms with van der Waals surface area (Å²) < 4.78 is 30.1. The fourth-order valence-electron chi connectivity index (χ4n) is 7.41. The molecule has 3 aromatic rings. The monoisotopic (exact) mass is 826 g/mol. The van der Waals surface area contributed by atoms with E-state index in [-0.39, 0.29) is 57.8 Å². The number of aromatic nitrogens is 4. The first-order chi connectivity index (χ1) is 28.7. The van der Waals surface area contributed by atoms with Crippen molar-refractivity contribution >= 4 is 80.2 Å². The maximum absolute atomic E-state index is 13.0. The number of fused-ring (bicyclic) bond motifs is 8. The second-order valence-corrected chi connectivity index (χ2v) is 14.2. The lowest BCUT2D eigenvalue weighted by atomic mass is 9.98. The van der Waals surface area contributed by atoms with E-state index in [1.807, 2.05) is 26.0 Å². The normalized spacial score (nSPS) is 12.3.